The monoisotopic (exact) mass is 297 g/mol. The highest BCUT2D eigenvalue weighted by atomic mass is 32.2. The van der Waals surface area contributed by atoms with E-state index in [2.05, 4.69) is 5.32 Å². The minimum Gasteiger partial charge on any atom is -0.398 e. The molecule has 1 aromatic rings. The summed E-state index contributed by atoms with van der Waals surface area (Å²) in [5, 5.41) is 2.57. The van der Waals surface area contributed by atoms with Gasteiger partial charge in [0.05, 0.1) is 11.6 Å². The van der Waals surface area contributed by atoms with E-state index in [-0.39, 0.29) is 29.0 Å². The molecule has 1 saturated heterocycles. The molecule has 1 heterocycles. The Balaban J connectivity index is 2.26. The van der Waals surface area contributed by atoms with Crippen LogP contribution in [0, 0.1) is 5.92 Å². The molecule has 2 rings (SSSR count). The Labute approximate surface area is 119 Å². The minimum atomic E-state index is -3.64. The second-order valence-electron chi connectivity index (χ2n) is 4.85. The molecule has 1 aromatic carbocycles. The van der Waals surface area contributed by atoms with Crippen LogP contribution < -0.4 is 11.1 Å². The van der Waals surface area contributed by atoms with Crippen molar-refractivity contribution in [1.82, 2.24) is 9.62 Å². The third-order valence-corrected chi connectivity index (χ3v) is 5.48. The minimum absolute atomic E-state index is 0.109. The van der Waals surface area contributed by atoms with Gasteiger partial charge in [-0.3, -0.25) is 4.79 Å². The van der Waals surface area contributed by atoms with Crippen molar-refractivity contribution in [3.8, 4) is 0 Å². The summed E-state index contributed by atoms with van der Waals surface area (Å²) >= 11 is 0. The van der Waals surface area contributed by atoms with Gasteiger partial charge in [-0.15, -0.1) is 0 Å². The van der Waals surface area contributed by atoms with Crippen LogP contribution in [0.5, 0.6) is 0 Å². The molecule has 0 bridgehead atoms. The largest absolute Gasteiger partial charge is 0.398 e. The van der Waals surface area contributed by atoms with Gasteiger partial charge in [-0.2, -0.15) is 4.31 Å². The maximum atomic E-state index is 12.6. The summed E-state index contributed by atoms with van der Waals surface area (Å²) in [6.07, 6.45) is 1.38. The topological polar surface area (TPSA) is 92.5 Å². The van der Waals surface area contributed by atoms with E-state index >= 15 is 0 Å². The summed E-state index contributed by atoms with van der Waals surface area (Å²) < 4.78 is 26.5. The fourth-order valence-corrected chi connectivity index (χ4v) is 4.07. The molecule has 0 spiro atoms. The Bertz CT molecular complexity index is 601. The van der Waals surface area contributed by atoms with Gasteiger partial charge in [0.15, 0.2) is 0 Å². The first-order valence-corrected chi connectivity index (χ1v) is 7.97. The predicted octanol–water partition coefficient (Wildman–Crippen LogP) is 0.416. The molecule has 1 unspecified atom stereocenters. The average Bonchev–Trinajstić information content (AvgIpc) is 2.47. The van der Waals surface area contributed by atoms with Crippen LogP contribution in [0.2, 0.25) is 0 Å². The number of nitrogen functional groups attached to an aromatic ring is 1. The van der Waals surface area contributed by atoms with Crippen LogP contribution in [0.4, 0.5) is 5.69 Å². The molecule has 110 valence electrons. The van der Waals surface area contributed by atoms with Crippen molar-refractivity contribution in [2.45, 2.75) is 17.7 Å². The van der Waals surface area contributed by atoms with Crippen molar-refractivity contribution in [3.63, 3.8) is 0 Å². The summed E-state index contributed by atoms with van der Waals surface area (Å²) in [4.78, 5) is 11.8. The lowest BCUT2D eigenvalue weighted by Crippen LogP contribution is -2.44. The molecule has 7 heteroatoms. The number of benzene rings is 1. The van der Waals surface area contributed by atoms with Crippen molar-refractivity contribution in [3.05, 3.63) is 24.3 Å². The van der Waals surface area contributed by atoms with Crippen molar-refractivity contribution in [2.75, 3.05) is 25.9 Å². The number of para-hydroxylation sites is 1. The number of piperidine rings is 1. The van der Waals surface area contributed by atoms with E-state index in [1.165, 1.54) is 10.4 Å². The fourth-order valence-electron chi connectivity index (χ4n) is 2.43. The number of carbonyl (C=O) groups excluding carboxylic acids is 1. The van der Waals surface area contributed by atoms with E-state index in [4.69, 9.17) is 5.73 Å². The van der Waals surface area contributed by atoms with Crippen LogP contribution in [0.15, 0.2) is 29.2 Å². The van der Waals surface area contributed by atoms with Gasteiger partial charge in [-0.05, 0) is 25.0 Å². The first kappa shape index (κ1) is 14.8. The number of carbonyl (C=O) groups is 1. The zero-order valence-electron chi connectivity index (χ0n) is 11.4. The van der Waals surface area contributed by atoms with Crippen molar-refractivity contribution >= 4 is 21.6 Å². The molecular formula is C13H19N3O3S. The zero-order valence-corrected chi connectivity index (χ0v) is 12.2. The van der Waals surface area contributed by atoms with Crippen molar-refractivity contribution < 1.29 is 13.2 Å². The van der Waals surface area contributed by atoms with E-state index in [0.717, 1.165) is 0 Å². The second-order valence-corrected chi connectivity index (χ2v) is 6.76. The predicted molar refractivity (Wildman–Crippen MR) is 76.4 cm³/mol. The molecule has 6 nitrogen and oxygen atoms in total. The first-order valence-electron chi connectivity index (χ1n) is 6.53. The normalized spacial score (nSPS) is 20.6. The van der Waals surface area contributed by atoms with Gasteiger partial charge in [0.1, 0.15) is 4.90 Å². The number of amides is 1. The lowest BCUT2D eigenvalue weighted by atomic mass is 9.99. The number of hydrogen-bond donors (Lipinski definition) is 2. The van der Waals surface area contributed by atoms with Gasteiger partial charge in [0.2, 0.25) is 15.9 Å². The molecular weight excluding hydrogens is 278 g/mol. The molecule has 0 aromatic heterocycles. The number of nitrogens with one attached hydrogen (secondary N) is 1. The Morgan fingerprint density at radius 2 is 2.10 bits per heavy atom. The Morgan fingerprint density at radius 1 is 1.40 bits per heavy atom. The van der Waals surface area contributed by atoms with Crippen LogP contribution in [-0.4, -0.2) is 38.8 Å². The number of nitrogens with two attached hydrogens (primary N) is 1. The van der Waals surface area contributed by atoms with Gasteiger partial charge in [0, 0.05) is 20.1 Å². The number of rotatable bonds is 3. The third-order valence-electron chi connectivity index (χ3n) is 3.54. The van der Waals surface area contributed by atoms with Crippen LogP contribution in [0.25, 0.3) is 0 Å². The Kier molecular flexibility index (Phi) is 4.29. The maximum Gasteiger partial charge on any atom is 0.245 e. The summed E-state index contributed by atoms with van der Waals surface area (Å²) in [5.74, 6) is -0.417. The average molecular weight is 297 g/mol. The zero-order chi connectivity index (χ0) is 14.8. The first-order chi connectivity index (χ1) is 9.46. The van der Waals surface area contributed by atoms with E-state index in [9.17, 15) is 13.2 Å². The van der Waals surface area contributed by atoms with Crippen LogP contribution in [0.1, 0.15) is 12.8 Å². The van der Waals surface area contributed by atoms with Crippen molar-refractivity contribution in [1.29, 1.82) is 0 Å². The van der Waals surface area contributed by atoms with E-state index in [1.807, 2.05) is 0 Å². The molecule has 1 aliphatic rings. The quantitative estimate of drug-likeness (QED) is 0.791. The summed E-state index contributed by atoms with van der Waals surface area (Å²) in [5.41, 5.74) is 5.98. The SMILES string of the molecule is CNC(=O)C1CCCN(S(=O)(=O)c2ccccc2N)C1. The van der Waals surface area contributed by atoms with Crippen LogP contribution in [0.3, 0.4) is 0 Å². The molecule has 1 atom stereocenters. The number of hydrogen-bond acceptors (Lipinski definition) is 4. The van der Waals surface area contributed by atoms with Crippen LogP contribution in [-0.2, 0) is 14.8 Å². The summed E-state index contributed by atoms with van der Waals surface area (Å²) in [7, 11) is -2.08. The van der Waals surface area contributed by atoms with Gasteiger partial charge in [0.25, 0.3) is 0 Å². The maximum absolute atomic E-state index is 12.6. The Morgan fingerprint density at radius 3 is 2.75 bits per heavy atom. The number of anilines is 1. The molecule has 1 aliphatic heterocycles. The summed E-state index contributed by atoms with van der Waals surface area (Å²) in [6, 6.07) is 6.39. The highest BCUT2D eigenvalue weighted by Crippen LogP contribution is 2.26. The van der Waals surface area contributed by atoms with E-state index in [1.54, 1.807) is 25.2 Å². The smallest absolute Gasteiger partial charge is 0.245 e. The molecule has 0 radical (unpaired) electrons. The molecule has 1 fully saturated rings. The van der Waals surface area contributed by atoms with Gasteiger partial charge < -0.3 is 11.1 Å². The number of nitrogens with zero attached hydrogens (tertiary/aromatic N) is 1. The van der Waals surface area contributed by atoms with E-state index < -0.39 is 10.0 Å². The number of sulfonamides is 1. The molecule has 20 heavy (non-hydrogen) atoms. The van der Waals surface area contributed by atoms with E-state index in [0.29, 0.717) is 19.4 Å². The highest BCUT2D eigenvalue weighted by molar-refractivity contribution is 7.89. The molecule has 1 amide bonds. The van der Waals surface area contributed by atoms with Gasteiger partial charge in [-0.1, -0.05) is 12.1 Å². The standard InChI is InChI=1S/C13H19N3O3S/c1-15-13(17)10-5-4-8-16(9-10)20(18,19)12-7-3-2-6-11(12)14/h2-3,6-7,10H,4-5,8-9,14H2,1H3,(H,15,17). The van der Waals surface area contributed by atoms with Crippen LogP contribution >= 0.6 is 0 Å². The van der Waals surface area contributed by atoms with Crippen molar-refractivity contribution in [2.24, 2.45) is 5.92 Å². The lowest BCUT2D eigenvalue weighted by Gasteiger charge is -2.31. The Hall–Kier alpha value is -1.60. The molecule has 3 N–H and O–H groups in total. The summed E-state index contributed by atoms with van der Waals surface area (Å²) in [6.45, 7) is 0.625. The second kappa shape index (κ2) is 5.80. The lowest BCUT2D eigenvalue weighted by molar-refractivity contribution is -0.125. The highest BCUT2D eigenvalue weighted by Gasteiger charge is 2.33. The van der Waals surface area contributed by atoms with Gasteiger partial charge >= 0.3 is 0 Å². The third kappa shape index (κ3) is 2.78. The van der Waals surface area contributed by atoms with Gasteiger partial charge in [-0.25, -0.2) is 8.42 Å². The molecule has 0 aliphatic carbocycles. The molecule has 0 saturated carbocycles. The fraction of sp³-hybridized carbons (Fsp3) is 0.462.